The SMILES string of the molecule is COc1cccc(NC(=O)Cc2ccc(C)cc2C)c1. The van der Waals surface area contributed by atoms with E-state index in [1.54, 1.807) is 13.2 Å². The number of anilines is 1. The van der Waals surface area contributed by atoms with E-state index in [4.69, 9.17) is 4.74 Å². The number of amides is 1. The van der Waals surface area contributed by atoms with Crippen LogP contribution in [0.5, 0.6) is 5.75 Å². The number of rotatable bonds is 4. The molecule has 2 aromatic rings. The Morgan fingerprint density at radius 2 is 1.95 bits per heavy atom. The maximum Gasteiger partial charge on any atom is 0.228 e. The second-order valence-corrected chi connectivity index (χ2v) is 4.89. The molecular formula is C17H19NO2. The molecule has 20 heavy (non-hydrogen) atoms. The largest absolute Gasteiger partial charge is 0.497 e. The number of aryl methyl sites for hydroxylation is 2. The summed E-state index contributed by atoms with van der Waals surface area (Å²) in [6, 6.07) is 13.5. The average Bonchev–Trinajstić information content (AvgIpc) is 2.42. The first-order chi connectivity index (χ1) is 9.58. The minimum atomic E-state index is -0.0230. The number of ether oxygens (including phenoxy) is 1. The van der Waals surface area contributed by atoms with Gasteiger partial charge in [0.05, 0.1) is 13.5 Å². The lowest BCUT2D eigenvalue weighted by atomic mass is 10.0. The lowest BCUT2D eigenvalue weighted by molar-refractivity contribution is -0.115. The van der Waals surface area contributed by atoms with Gasteiger partial charge in [0.2, 0.25) is 5.91 Å². The Morgan fingerprint density at radius 1 is 1.15 bits per heavy atom. The average molecular weight is 269 g/mol. The molecule has 0 aliphatic rings. The second-order valence-electron chi connectivity index (χ2n) is 4.89. The highest BCUT2D eigenvalue weighted by Crippen LogP contribution is 2.17. The zero-order valence-electron chi connectivity index (χ0n) is 12.1. The molecule has 0 unspecified atom stereocenters. The van der Waals surface area contributed by atoms with Crippen LogP contribution in [0.1, 0.15) is 16.7 Å². The molecule has 0 aliphatic heterocycles. The highest BCUT2D eigenvalue weighted by atomic mass is 16.5. The third kappa shape index (κ3) is 3.60. The molecule has 104 valence electrons. The van der Waals surface area contributed by atoms with Crippen LogP contribution in [0.3, 0.4) is 0 Å². The predicted octanol–water partition coefficient (Wildman–Crippen LogP) is 3.49. The van der Waals surface area contributed by atoms with Crippen LogP contribution in [0, 0.1) is 13.8 Å². The van der Waals surface area contributed by atoms with Crippen LogP contribution in [0.25, 0.3) is 0 Å². The van der Waals surface area contributed by atoms with Gasteiger partial charge in [-0.25, -0.2) is 0 Å². The third-order valence-electron chi connectivity index (χ3n) is 3.20. The van der Waals surface area contributed by atoms with Gasteiger partial charge in [-0.3, -0.25) is 4.79 Å². The van der Waals surface area contributed by atoms with E-state index in [1.807, 2.05) is 44.2 Å². The molecule has 0 aromatic heterocycles. The topological polar surface area (TPSA) is 38.3 Å². The van der Waals surface area contributed by atoms with Gasteiger partial charge in [0.1, 0.15) is 5.75 Å². The van der Waals surface area contributed by atoms with Crippen molar-refractivity contribution in [1.82, 2.24) is 0 Å². The Kier molecular flexibility index (Phi) is 4.41. The van der Waals surface area contributed by atoms with Gasteiger partial charge in [-0.05, 0) is 37.1 Å². The minimum Gasteiger partial charge on any atom is -0.497 e. The van der Waals surface area contributed by atoms with E-state index in [9.17, 15) is 4.79 Å². The molecule has 0 atom stereocenters. The zero-order valence-corrected chi connectivity index (χ0v) is 12.1. The molecule has 0 fully saturated rings. The van der Waals surface area contributed by atoms with E-state index in [0.29, 0.717) is 6.42 Å². The first kappa shape index (κ1) is 14.1. The summed E-state index contributed by atoms with van der Waals surface area (Å²) in [4.78, 5) is 12.1. The highest BCUT2D eigenvalue weighted by molar-refractivity contribution is 5.92. The van der Waals surface area contributed by atoms with Crippen LogP contribution in [0.2, 0.25) is 0 Å². The van der Waals surface area contributed by atoms with Gasteiger partial charge in [-0.1, -0.05) is 29.8 Å². The molecule has 0 aliphatic carbocycles. The van der Waals surface area contributed by atoms with Crippen LogP contribution in [0.4, 0.5) is 5.69 Å². The summed E-state index contributed by atoms with van der Waals surface area (Å²) >= 11 is 0. The Hall–Kier alpha value is -2.29. The summed E-state index contributed by atoms with van der Waals surface area (Å²) in [7, 11) is 1.61. The monoisotopic (exact) mass is 269 g/mol. The van der Waals surface area contributed by atoms with Gasteiger partial charge in [-0.15, -0.1) is 0 Å². The van der Waals surface area contributed by atoms with Crippen molar-refractivity contribution in [3.63, 3.8) is 0 Å². The van der Waals surface area contributed by atoms with Crippen molar-refractivity contribution in [3.8, 4) is 5.75 Å². The molecule has 1 amide bonds. The van der Waals surface area contributed by atoms with Crippen molar-refractivity contribution in [2.45, 2.75) is 20.3 Å². The number of hydrogen-bond donors (Lipinski definition) is 1. The van der Waals surface area contributed by atoms with Crippen molar-refractivity contribution in [2.75, 3.05) is 12.4 Å². The number of methoxy groups -OCH3 is 1. The van der Waals surface area contributed by atoms with E-state index in [-0.39, 0.29) is 5.91 Å². The van der Waals surface area contributed by atoms with Crippen LogP contribution in [-0.4, -0.2) is 13.0 Å². The summed E-state index contributed by atoms with van der Waals surface area (Å²) < 4.78 is 5.14. The molecule has 0 bridgehead atoms. The molecule has 1 N–H and O–H groups in total. The predicted molar refractivity (Wildman–Crippen MR) is 81.2 cm³/mol. The standard InChI is InChI=1S/C17H19NO2/c1-12-7-8-14(13(2)9-12)10-17(19)18-15-5-4-6-16(11-15)20-3/h4-9,11H,10H2,1-3H3,(H,18,19). The summed E-state index contributed by atoms with van der Waals surface area (Å²) in [5, 5.41) is 2.89. The van der Waals surface area contributed by atoms with Crippen LogP contribution < -0.4 is 10.1 Å². The zero-order chi connectivity index (χ0) is 14.5. The maximum atomic E-state index is 12.1. The number of hydrogen-bond acceptors (Lipinski definition) is 2. The third-order valence-corrected chi connectivity index (χ3v) is 3.20. The second kappa shape index (κ2) is 6.24. The molecule has 0 spiro atoms. The van der Waals surface area contributed by atoms with E-state index >= 15 is 0 Å². The molecule has 0 heterocycles. The summed E-state index contributed by atoms with van der Waals surface area (Å²) in [5.74, 6) is 0.708. The van der Waals surface area contributed by atoms with Gasteiger partial charge < -0.3 is 10.1 Å². The highest BCUT2D eigenvalue weighted by Gasteiger charge is 2.07. The Bertz CT molecular complexity index is 620. The number of benzene rings is 2. The van der Waals surface area contributed by atoms with E-state index in [1.165, 1.54) is 5.56 Å². The summed E-state index contributed by atoms with van der Waals surface area (Å²) in [6.45, 7) is 4.08. The molecule has 3 nitrogen and oxygen atoms in total. The molecule has 2 rings (SSSR count). The molecule has 0 radical (unpaired) electrons. The lowest BCUT2D eigenvalue weighted by Crippen LogP contribution is -2.15. The van der Waals surface area contributed by atoms with Crippen LogP contribution >= 0.6 is 0 Å². The Morgan fingerprint density at radius 3 is 2.65 bits per heavy atom. The van der Waals surface area contributed by atoms with Crippen molar-refractivity contribution in [3.05, 3.63) is 59.2 Å². The van der Waals surface area contributed by atoms with Crippen molar-refractivity contribution >= 4 is 11.6 Å². The van der Waals surface area contributed by atoms with Gasteiger partial charge in [0, 0.05) is 11.8 Å². The van der Waals surface area contributed by atoms with Crippen molar-refractivity contribution in [2.24, 2.45) is 0 Å². The molecular weight excluding hydrogens is 250 g/mol. The van der Waals surface area contributed by atoms with Gasteiger partial charge in [-0.2, -0.15) is 0 Å². The number of carbonyl (C=O) groups excluding carboxylic acids is 1. The Balaban J connectivity index is 2.05. The van der Waals surface area contributed by atoms with Gasteiger partial charge >= 0.3 is 0 Å². The van der Waals surface area contributed by atoms with E-state index < -0.39 is 0 Å². The fraction of sp³-hybridized carbons (Fsp3) is 0.235. The smallest absolute Gasteiger partial charge is 0.228 e. The molecule has 0 saturated heterocycles. The van der Waals surface area contributed by atoms with Crippen LogP contribution in [-0.2, 0) is 11.2 Å². The molecule has 3 heteroatoms. The fourth-order valence-corrected chi connectivity index (χ4v) is 2.12. The van der Waals surface area contributed by atoms with Gasteiger partial charge in [0.15, 0.2) is 0 Å². The van der Waals surface area contributed by atoms with Crippen molar-refractivity contribution in [1.29, 1.82) is 0 Å². The quantitative estimate of drug-likeness (QED) is 0.922. The first-order valence-corrected chi connectivity index (χ1v) is 6.58. The Labute approximate surface area is 119 Å². The first-order valence-electron chi connectivity index (χ1n) is 6.58. The van der Waals surface area contributed by atoms with Crippen LogP contribution in [0.15, 0.2) is 42.5 Å². The fourth-order valence-electron chi connectivity index (χ4n) is 2.12. The summed E-state index contributed by atoms with van der Waals surface area (Å²) in [5.41, 5.74) is 4.15. The lowest BCUT2D eigenvalue weighted by Gasteiger charge is -2.09. The number of carbonyl (C=O) groups is 1. The maximum absolute atomic E-state index is 12.1. The number of nitrogens with one attached hydrogen (secondary N) is 1. The van der Waals surface area contributed by atoms with Gasteiger partial charge in [0.25, 0.3) is 0 Å². The summed E-state index contributed by atoms with van der Waals surface area (Å²) in [6.07, 6.45) is 0.378. The normalized spacial score (nSPS) is 10.2. The van der Waals surface area contributed by atoms with E-state index in [2.05, 4.69) is 11.4 Å². The molecule has 2 aromatic carbocycles. The molecule has 0 saturated carbocycles. The van der Waals surface area contributed by atoms with Crippen molar-refractivity contribution < 1.29 is 9.53 Å². The minimum absolute atomic E-state index is 0.0230. The van der Waals surface area contributed by atoms with E-state index in [0.717, 1.165) is 22.6 Å².